The van der Waals surface area contributed by atoms with E-state index in [0.29, 0.717) is 0 Å². The fraction of sp³-hybridized carbons (Fsp3) is 0.350. The molecule has 2 heterocycles. The SMILES string of the molecule is CC(Cl)CO/N=C/C1=C(C(=O)O)N2C(=O)[C@@H](NC(=O)C(C(=O)O)c3cccc(O)c3)[C@H]2SC1. The second kappa shape index (κ2) is 10.1. The van der Waals surface area contributed by atoms with Crippen LogP contribution in [0.25, 0.3) is 0 Å². The summed E-state index contributed by atoms with van der Waals surface area (Å²) in [6, 6.07) is 4.13. The predicted molar refractivity (Wildman–Crippen MR) is 118 cm³/mol. The van der Waals surface area contributed by atoms with Crippen molar-refractivity contribution in [1.82, 2.24) is 10.2 Å². The lowest BCUT2D eigenvalue weighted by molar-refractivity contribution is -0.152. The number of rotatable bonds is 9. The largest absolute Gasteiger partial charge is 0.508 e. The number of carbonyl (C=O) groups is 4. The number of nitrogens with zero attached hydrogens (tertiary/aromatic N) is 2. The molecule has 3 rings (SSSR count). The second-order valence-electron chi connectivity index (χ2n) is 7.25. The van der Waals surface area contributed by atoms with Crippen molar-refractivity contribution in [3.63, 3.8) is 0 Å². The molecule has 2 aliphatic heterocycles. The molecule has 1 aromatic carbocycles. The molecule has 1 aromatic rings. The number of oxime groups is 1. The summed E-state index contributed by atoms with van der Waals surface area (Å²) in [5.41, 5.74) is -0.00799. The fourth-order valence-corrected chi connectivity index (χ4v) is 4.69. The van der Waals surface area contributed by atoms with Gasteiger partial charge in [0.1, 0.15) is 29.5 Å². The number of amides is 2. The Morgan fingerprint density at radius 3 is 2.73 bits per heavy atom. The molecule has 4 atom stereocenters. The average Bonchev–Trinajstić information content (AvgIpc) is 2.74. The van der Waals surface area contributed by atoms with E-state index in [1.54, 1.807) is 6.92 Å². The van der Waals surface area contributed by atoms with Crippen LogP contribution in [0.1, 0.15) is 18.4 Å². The number of aromatic hydroxyl groups is 1. The molecule has 1 fully saturated rings. The van der Waals surface area contributed by atoms with E-state index in [9.17, 15) is 34.5 Å². The van der Waals surface area contributed by atoms with Crippen molar-refractivity contribution < 1.29 is 39.3 Å². The van der Waals surface area contributed by atoms with Crippen LogP contribution in [0.2, 0.25) is 0 Å². The number of hydrogen-bond acceptors (Lipinski definition) is 8. The Kier molecular flexibility index (Phi) is 7.49. The Bertz CT molecular complexity index is 1040. The molecule has 176 valence electrons. The number of benzene rings is 1. The van der Waals surface area contributed by atoms with Crippen molar-refractivity contribution in [2.75, 3.05) is 12.4 Å². The summed E-state index contributed by atoms with van der Waals surface area (Å²) < 4.78 is 0. The molecule has 0 aromatic heterocycles. The normalized spacial score (nSPS) is 21.8. The van der Waals surface area contributed by atoms with Crippen LogP contribution in [0, 0.1) is 0 Å². The van der Waals surface area contributed by atoms with Gasteiger partial charge in [-0.1, -0.05) is 17.3 Å². The van der Waals surface area contributed by atoms with Crippen LogP contribution < -0.4 is 5.32 Å². The highest BCUT2D eigenvalue weighted by atomic mass is 35.5. The Balaban J connectivity index is 1.76. The molecule has 0 bridgehead atoms. The van der Waals surface area contributed by atoms with Gasteiger partial charge in [0.2, 0.25) is 5.91 Å². The van der Waals surface area contributed by atoms with Crippen LogP contribution in [0.15, 0.2) is 40.7 Å². The van der Waals surface area contributed by atoms with Gasteiger partial charge in [0, 0.05) is 11.3 Å². The maximum Gasteiger partial charge on any atom is 0.353 e. The van der Waals surface area contributed by atoms with E-state index in [1.165, 1.54) is 36.2 Å². The lowest BCUT2D eigenvalue weighted by Crippen LogP contribution is -2.71. The number of phenolic OH excluding ortho intramolecular Hbond substituents is 1. The van der Waals surface area contributed by atoms with Crippen LogP contribution in [0.4, 0.5) is 0 Å². The fourth-order valence-electron chi connectivity index (χ4n) is 3.34. The molecule has 0 saturated carbocycles. The standard InChI is InChI=1S/C20H20ClN3O8S/c1-9(21)7-32-22-6-11-8-33-18-14(17(27)24(18)15(11)20(30)31)23-16(26)13(19(28)29)10-3-2-4-12(25)5-10/h2-6,9,13-14,18,25H,7-8H2,1H3,(H,23,26)(H,28,29)(H,30,31)/b22-6+/t9?,13?,14-,18-/m1/s1. The zero-order valence-electron chi connectivity index (χ0n) is 17.2. The maximum atomic E-state index is 12.7. The number of carboxylic acid groups (broad SMARTS) is 2. The average molecular weight is 498 g/mol. The first-order valence-corrected chi connectivity index (χ1v) is 11.1. The molecule has 0 aliphatic carbocycles. The monoisotopic (exact) mass is 497 g/mol. The minimum atomic E-state index is -1.66. The van der Waals surface area contributed by atoms with E-state index in [0.717, 1.165) is 11.0 Å². The minimum absolute atomic E-state index is 0.0378. The third-order valence-electron chi connectivity index (χ3n) is 4.80. The molecular weight excluding hydrogens is 478 g/mol. The lowest BCUT2D eigenvalue weighted by atomic mass is 9.96. The van der Waals surface area contributed by atoms with Crippen LogP contribution in [-0.4, -0.2) is 79.3 Å². The van der Waals surface area contributed by atoms with Gasteiger partial charge in [-0.05, 0) is 24.6 Å². The van der Waals surface area contributed by atoms with E-state index >= 15 is 0 Å². The Morgan fingerprint density at radius 2 is 2.12 bits per heavy atom. The summed E-state index contributed by atoms with van der Waals surface area (Å²) in [7, 11) is 0. The summed E-state index contributed by atoms with van der Waals surface area (Å²) in [5, 5.41) is 33.8. The molecule has 33 heavy (non-hydrogen) atoms. The maximum absolute atomic E-state index is 12.7. The number of carboxylic acids is 2. The highest BCUT2D eigenvalue weighted by molar-refractivity contribution is 8.00. The van der Waals surface area contributed by atoms with Crippen molar-refractivity contribution in [1.29, 1.82) is 0 Å². The van der Waals surface area contributed by atoms with E-state index in [1.807, 2.05) is 0 Å². The molecule has 4 N–H and O–H groups in total. The summed E-state index contributed by atoms with van der Waals surface area (Å²) >= 11 is 6.94. The third-order valence-corrected chi connectivity index (χ3v) is 6.23. The first-order chi connectivity index (χ1) is 15.6. The van der Waals surface area contributed by atoms with E-state index in [2.05, 4.69) is 10.5 Å². The second-order valence-corrected chi connectivity index (χ2v) is 9.10. The van der Waals surface area contributed by atoms with Gasteiger partial charge in [-0.3, -0.25) is 19.3 Å². The summed E-state index contributed by atoms with van der Waals surface area (Å²) in [6.07, 6.45) is 1.20. The van der Waals surface area contributed by atoms with Crippen molar-refractivity contribution in [2.45, 2.75) is 29.6 Å². The molecule has 13 heteroatoms. The van der Waals surface area contributed by atoms with Crippen molar-refractivity contribution in [2.24, 2.45) is 5.16 Å². The van der Waals surface area contributed by atoms with Crippen LogP contribution in [0.3, 0.4) is 0 Å². The number of nitrogens with one attached hydrogen (secondary N) is 1. The van der Waals surface area contributed by atoms with Gasteiger partial charge in [0.15, 0.2) is 5.92 Å². The molecule has 11 nitrogen and oxygen atoms in total. The van der Waals surface area contributed by atoms with Crippen molar-refractivity contribution in [3.05, 3.63) is 41.1 Å². The van der Waals surface area contributed by atoms with Crippen LogP contribution in [-0.2, 0) is 24.0 Å². The number of halogens is 1. The van der Waals surface area contributed by atoms with E-state index < -0.39 is 41.1 Å². The van der Waals surface area contributed by atoms with Gasteiger partial charge in [-0.2, -0.15) is 0 Å². The molecule has 2 amide bonds. The predicted octanol–water partition coefficient (Wildman–Crippen LogP) is 0.929. The molecule has 0 spiro atoms. The topological polar surface area (TPSA) is 166 Å². The van der Waals surface area contributed by atoms with E-state index in [4.69, 9.17) is 16.4 Å². The minimum Gasteiger partial charge on any atom is -0.508 e. The molecule has 1 saturated heterocycles. The van der Waals surface area contributed by atoms with Crippen molar-refractivity contribution >= 4 is 53.3 Å². The highest BCUT2D eigenvalue weighted by Crippen LogP contribution is 2.40. The van der Waals surface area contributed by atoms with Gasteiger partial charge in [0.05, 0.1) is 11.6 Å². The number of phenols is 1. The number of hydrogen-bond donors (Lipinski definition) is 4. The van der Waals surface area contributed by atoms with Gasteiger partial charge in [-0.15, -0.1) is 23.4 Å². The molecule has 2 aliphatic rings. The number of carbonyl (C=O) groups excluding carboxylic acids is 2. The van der Waals surface area contributed by atoms with Gasteiger partial charge >= 0.3 is 11.9 Å². The van der Waals surface area contributed by atoms with E-state index in [-0.39, 0.29) is 40.3 Å². The van der Waals surface area contributed by atoms with Gasteiger partial charge < -0.3 is 25.5 Å². The Hall–Kier alpha value is -3.25. The van der Waals surface area contributed by atoms with Gasteiger partial charge in [-0.25, -0.2) is 4.79 Å². The smallest absolute Gasteiger partial charge is 0.353 e. The first-order valence-electron chi connectivity index (χ1n) is 9.64. The molecular formula is C20H20ClN3O8S. The summed E-state index contributed by atoms with van der Waals surface area (Å²) in [4.78, 5) is 54.9. The lowest BCUT2D eigenvalue weighted by Gasteiger charge is -2.49. The quantitative estimate of drug-likeness (QED) is 0.127. The zero-order valence-corrected chi connectivity index (χ0v) is 18.7. The third kappa shape index (κ3) is 5.22. The number of fused-ring (bicyclic) bond motifs is 1. The van der Waals surface area contributed by atoms with Crippen LogP contribution in [0.5, 0.6) is 5.75 Å². The highest BCUT2D eigenvalue weighted by Gasteiger charge is 2.54. The molecule has 2 unspecified atom stereocenters. The van der Waals surface area contributed by atoms with Gasteiger partial charge in [0.25, 0.3) is 5.91 Å². The number of β-lactam (4-membered cyclic amide) rings is 1. The number of thioether (sulfide) groups is 1. The first kappa shape index (κ1) is 24.4. The summed E-state index contributed by atoms with van der Waals surface area (Å²) in [5.74, 6) is -6.17. The zero-order chi connectivity index (χ0) is 24.3. The van der Waals surface area contributed by atoms with Crippen molar-refractivity contribution in [3.8, 4) is 5.75 Å². The van der Waals surface area contributed by atoms with Crippen LogP contribution >= 0.6 is 23.4 Å². The molecule has 0 radical (unpaired) electrons. The Labute approximate surface area is 197 Å². The summed E-state index contributed by atoms with van der Waals surface area (Å²) in [6.45, 7) is 1.81. The number of aliphatic carboxylic acids is 2. The number of alkyl halides is 1. The Morgan fingerprint density at radius 1 is 1.39 bits per heavy atom.